The molecule has 0 saturated heterocycles. The van der Waals surface area contributed by atoms with Gasteiger partial charge in [0.15, 0.2) is 11.3 Å². The van der Waals surface area contributed by atoms with Crippen LogP contribution in [0.3, 0.4) is 0 Å². The lowest BCUT2D eigenvalue weighted by molar-refractivity contribution is 0.0734. The molecule has 3 aromatic rings. The number of nitrogens with zero attached hydrogens (tertiary/aromatic N) is 3. The van der Waals surface area contributed by atoms with Crippen molar-refractivity contribution in [1.29, 1.82) is 0 Å². The third-order valence-corrected chi connectivity index (χ3v) is 4.84. The molecule has 0 bridgehead atoms. The number of anilines is 1. The summed E-state index contributed by atoms with van der Waals surface area (Å²) >= 11 is 3.41. The topological polar surface area (TPSA) is 72.9 Å². The molecule has 0 saturated carbocycles. The number of carbonyl (C=O) groups excluding carboxylic acids is 1. The van der Waals surface area contributed by atoms with Crippen molar-refractivity contribution in [1.82, 2.24) is 14.3 Å². The molecule has 27 heavy (non-hydrogen) atoms. The molecule has 0 radical (unpaired) electrons. The van der Waals surface area contributed by atoms with Gasteiger partial charge in [-0.25, -0.2) is 4.98 Å². The van der Waals surface area contributed by atoms with Crippen molar-refractivity contribution in [2.75, 3.05) is 26.1 Å². The Kier molecular flexibility index (Phi) is 5.95. The summed E-state index contributed by atoms with van der Waals surface area (Å²) < 4.78 is 20.3. The molecule has 0 unspecified atom stereocenters. The highest BCUT2D eigenvalue weighted by Crippen LogP contribution is 2.24. The molecule has 3 rings (SSSR count). The molecule has 0 aliphatic heterocycles. The standard InChI is InChI=1S/C19H20BrFN4O2/c1-27-14-7-5-13(6-8-14)12-24(10-3-9-21)19(26)16-17(22)25-11-2-4-15(20)18(25)23-16/h2,4-8,11H,3,9-10,12,22H2,1H3. The van der Waals surface area contributed by atoms with E-state index in [0.29, 0.717) is 12.2 Å². The van der Waals surface area contributed by atoms with Crippen LogP contribution in [0.5, 0.6) is 5.75 Å². The van der Waals surface area contributed by atoms with E-state index in [1.165, 1.54) is 0 Å². The summed E-state index contributed by atoms with van der Waals surface area (Å²) in [5.41, 5.74) is 7.78. The predicted molar refractivity (Wildman–Crippen MR) is 106 cm³/mol. The van der Waals surface area contributed by atoms with Gasteiger partial charge >= 0.3 is 0 Å². The monoisotopic (exact) mass is 434 g/mol. The zero-order valence-corrected chi connectivity index (χ0v) is 16.4. The van der Waals surface area contributed by atoms with Gasteiger partial charge in [0.2, 0.25) is 0 Å². The number of hydrogen-bond acceptors (Lipinski definition) is 4. The number of nitrogen functional groups attached to an aromatic ring is 1. The molecule has 6 nitrogen and oxygen atoms in total. The maximum atomic E-state index is 13.1. The van der Waals surface area contributed by atoms with Crippen LogP contribution in [0.15, 0.2) is 47.1 Å². The minimum atomic E-state index is -0.501. The van der Waals surface area contributed by atoms with E-state index in [1.807, 2.05) is 36.4 Å². The highest BCUT2D eigenvalue weighted by Gasteiger charge is 2.23. The van der Waals surface area contributed by atoms with Gasteiger partial charge < -0.3 is 15.4 Å². The Morgan fingerprint density at radius 2 is 2.07 bits per heavy atom. The average molecular weight is 435 g/mol. The number of carbonyl (C=O) groups is 1. The zero-order chi connectivity index (χ0) is 19.4. The summed E-state index contributed by atoms with van der Waals surface area (Å²) in [5.74, 6) is 0.665. The third kappa shape index (κ3) is 4.05. The van der Waals surface area contributed by atoms with Gasteiger partial charge in [0, 0.05) is 19.3 Å². The molecular weight excluding hydrogens is 415 g/mol. The first-order valence-corrected chi connectivity index (χ1v) is 9.24. The van der Waals surface area contributed by atoms with Gasteiger partial charge in [-0.1, -0.05) is 12.1 Å². The number of halogens is 2. The molecular formula is C19H20BrFN4O2. The van der Waals surface area contributed by atoms with Crippen molar-refractivity contribution in [3.05, 3.63) is 58.3 Å². The molecule has 2 aromatic heterocycles. The summed E-state index contributed by atoms with van der Waals surface area (Å²) in [5, 5.41) is 0. The first kappa shape index (κ1) is 19.2. The lowest BCUT2D eigenvalue weighted by Crippen LogP contribution is -2.32. The number of fused-ring (bicyclic) bond motifs is 1. The fourth-order valence-corrected chi connectivity index (χ4v) is 3.25. The molecule has 142 valence electrons. The molecule has 0 atom stereocenters. The van der Waals surface area contributed by atoms with Gasteiger partial charge in [-0.05, 0) is 52.2 Å². The van der Waals surface area contributed by atoms with Crippen LogP contribution in [0.2, 0.25) is 0 Å². The van der Waals surface area contributed by atoms with E-state index < -0.39 is 6.67 Å². The molecule has 8 heteroatoms. The van der Waals surface area contributed by atoms with Gasteiger partial charge in [0.25, 0.3) is 5.91 Å². The number of amides is 1. The van der Waals surface area contributed by atoms with E-state index in [2.05, 4.69) is 20.9 Å². The first-order chi connectivity index (χ1) is 13.0. The fraction of sp³-hybridized carbons (Fsp3) is 0.263. The summed E-state index contributed by atoms with van der Waals surface area (Å²) in [4.78, 5) is 19.0. The summed E-state index contributed by atoms with van der Waals surface area (Å²) in [7, 11) is 1.59. The Labute approximate surface area is 164 Å². The molecule has 0 aliphatic carbocycles. The molecule has 0 aliphatic rings. The SMILES string of the molecule is COc1ccc(CN(CCCF)C(=O)c2nc3c(Br)cccn3c2N)cc1. The van der Waals surface area contributed by atoms with E-state index >= 15 is 0 Å². The smallest absolute Gasteiger partial charge is 0.276 e. The van der Waals surface area contributed by atoms with Gasteiger partial charge in [0.1, 0.15) is 11.6 Å². The maximum absolute atomic E-state index is 13.1. The number of hydrogen-bond donors (Lipinski definition) is 1. The highest BCUT2D eigenvalue weighted by molar-refractivity contribution is 9.10. The van der Waals surface area contributed by atoms with Crippen LogP contribution in [0.1, 0.15) is 22.5 Å². The Bertz CT molecular complexity index is 943. The van der Waals surface area contributed by atoms with Crippen molar-refractivity contribution in [3.8, 4) is 5.75 Å². The molecule has 1 aromatic carbocycles. The Hall–Kier alpha value is -2.61. The Balaban J connectivity index is 1.91. The molecule has 1 amide bonds. The number of alkyl halides is 1. The van der Waals surface area contributed by atoms with Crippen LogP contribution in [0.4, 0.5) is 10.2 Å². The minimum absolute atomic E-state index is 0.161. The summed E-state index contributed by atoms with van der Waals surface area (Å²) in [6.45, 7) is 0.103. The second-order valence-corrected chi connectivity index (χ2v) is 6.87. The number of pyridine rings is 1. The molecule has 2 heterocycles. The quantitative estimate of drug-likeness (QED) is 0.615. The van der Waals surface area contributed by atoms with Gasteiger partial charge in [0.05, 0.1) is 18.3 Å². The van der Waals surface area contributed by atoms with E-state index in [9.17, 15) is 9.18 Å². The average Bonchev–Trinajstić information content (AvgIpc) is 3.03. The van der Waals surface area contributed by atoms with Crippen LogP contribution in [0, 0.1) is 0 Å². The van der Waals surface area contributed by atoms with Crippen molar-refractivity contribution in [2.45, 2.75) is 13.0 Å². The van der Waals surface area contributed by atoms with Crippen molar-refractivity contribution in [3.63, 3.8) is 0 Å². The van der Waals surface area contributed by atoms with Crippen LogP contribution >= 0.6 is 15.9 Å². The Morgan fingerprint density at radius 1 is 1.33 bits per heavy atom. The second kappa shape index (κ2) is 8.39. The summed E-state index contributed by atoms with van der Waals surface area (Å²) in [6.07, 6.45) is 1.99. The van der Waals surface area contributed by atoms with Gasteiger partial charge in [-0.15, -0.1) is 0 Å². The normalized spacial score (nSPS) is 10.9. The van der Waals surface area contributed by atoms with Crippen LogP contribution in [0.25, 0.3) is 5.65 Å². The Morgan fingerprint density at radius 3 is 2.70 bits per heavy atom. The van der Waals surface area contributed by atoms with Crippen LogP contribution in [-0.2, 0) is 6.54 Å². The number of imidazole rings is 1. The second-order valence-electron chi connectivity index (χ2n) is 6.01. The first-order valence-electron chi connectivity index (χ1n) is 8.45. The number of rotatable bonds is 7. The van der Waals surface area contributed by atoms with E-state index in [4.69, 9.17) is 10.5 Å². The maximum Gasteiger partial charge on any atom is 0.276 e. The van der Waals surface area contributed by atoms with E-state index in [0.717, 1.165) is 15.8 Å². The fourth-order valence-electron chi connectivity index (χ4n) is 2.81. The number of methoxy groups -OCH3 is 1. The molecule has 0 spiro atoms. The van der Waals surface area contributed by atoms with Crippen molar-refractivity contribution in [2.24, 2.45) is 0 Å². The zero-order valence-electron chi connectivity index (χ0n) is 14.9. The third-order valence-electron chi connectivity index (χ3n) is 4.22. The van der Waals surface area contributed by atoms with E-state index in [1.54, 1.807) is 22.6 Å². The number of benzene rings is 1. The van der Waals surface area contributed by atoms with Crippen molar-refractivity contribution < 1.29 is 13.9 Å². The number of nitrogens with two attached hydrogens (primary N) is 1. The van der Waals surface area contributed by atoms with Gasteiger partial charge in [-0.3, -0.25) is 13.6 Å². The number of aromatic nitrogens is 2. The van der Waals surface area contributed by atoms with Crippen molar-refractivity contribution >= 4 is 33.3 Å². The molecule has 0 fully saturated rings. The number of ether oxygens (including phenoxy) is 1. The lowest BCUT2D eigenvalue weighted by Gasteiger charge is -2.22. The summed E-state index contributed by atoms with van der Waals surface area (Å²) in [6, 6.07) is 11.0. The van der Waals surface area contributed by atoms with E-state index in [-0.39, 0.29) is 30.4 Å². The van der Waals surface area contributed by atoms with Gasteiger partial charge in [-0.2, -0.15) is 0 Å². The minimum Gasteiger partial charge on any atom is -0.497 e. The van der Waals surface area contributed by atoms with Crippen LogP contribution in [-0.4, -0.2) is 40.5 Å². The largest absolute Gasteiger partial charge is 0.497 e. The van der Waals surface area contributed by atoms with Crippen LogP contribution < -0.4 is 10.5 Å². The predicted octanol–water partition coefficient (Wildman–Crippen LogP) is 3.69. The lowest BCUT2D eigenvalue weighted by atomic mass is 10.2. The molecule has 2 N–H and O–H groups in total. The highest BCUT2D eigenvalue weighted by atomic mass is 79.9.